The van der Waals surface area contributed by atoms with Gasteiger partial charge < -0.3 is 31.1 Å². The number of anilines is 1. The molecule has 0 amide bonds. The Hall–Kier alpha value is -4.96. The maximum Gasteiger partial charge on any atom is 0.268 e. The van der Waals surface area contributed by atoms with Crippen molar-refractivity contribution in [1.82, 2.24) is 40.5 Å². The summed E-state index contributed by atoms with van der Waals surface area (Å²) in [6.07, 6.45) is 6.48. The number of allylic oxidation sites excluding steroid dienone is 3. The van der Waals surface area contributed by atoms with Crippen molar-refractivity contribution in [2.75, 3.05) is 83.9 Å². The lowest BCUT2D eigenvalue weighted by atomic mass is 10.0. The Morgan fingerprint density at radius 3 is 2.26 bits per heavy atom. The molecule has 0 spiro atoms. The van der Waals surface area contributed by atoms with E-state index in [2.05, 4.69) is 101 Å². The highest BCUT2D eigenvalue weighted by molar-refractivity contribution is 5.97. The molecule has 4 rings (SSSR count). The SMILES string of the molecule is C=CCN1CCN(CC)CCN(C(CCC(=C)NCCNC(=C)CCC(=C)Nc2cccc3c(C(=C)NCC(=C)N4CC(F)(F)CC4C#N)ccnc23)C(=C)C)CC1. The molecule has 58 heavy (non-hydrogen) atoms. The van der Waals surface area contributed by atoms with Crippen molar-refractivity contribution in [1.29, 1.82) is 5.26 Å². The van der Waals surface area contributed by atoms with E-state index in [0.717, 1.165) is 118 Å². The molecular weight excluding hydrogens is 731 g/mol. The van der Waals surface area contributed by atoms with Crippen molar-refractivity contribution in [2.45, 2.75) is 64.0 Å². The maximum atomic E-state index is 14.0. The summed E-state index contributed by atoms with van der Waals surface area (Å²) in [5.74, 6) is -2.92. The van der Waals surface area contributed by atoms with Gasteiger partial charge in [0.05, 0.1) is 30.4 Å². The van der Waals surface area contributed by atoms with Crippen LogP contribution < -0.4 is 21.3 Å². The van der Waals surface area contributed by atoms with Crippen molar-refractivity contribution >= 4 is 22.3 Å². The molecule has 2 aliphatic heterocycles. The van der Waals surface area contributed by atoms with E-state index < -0.39 is 24.9 Å². The quantitative estimate of drug-likeness (QED) is 0.0678. The van der Waals surface area contributed by atoms with Crippen LogP contribution in [0.25, 0.3) is 16.6 Å². The smallest absolute Gasteiger partial charge is 0.268 e. The number of likely N-dealkylation sites (tertiary alicyclic amines) is 1. The van der Waals surface area contributed by atoms with Crippen LogP contribution in [0.15, 0.2) is 111 Å². The molecule has 0 saturated carbocycles. The van der Waals surface area contributed by atoms with Gasteiger partial charge in [0.2, 0.25) is 0 Å². The van der Waals surface area contributed by atoms with E-state index >= 15 is 0 Å². The van der Waals surface area contributed by atoms with Crippen LogP contribution in [0.2, 0.25) is 0 Å². The van der Waals surface area contributed by atoms with Gasteiger partial charge in [-0.1, -0.05) is 70.2 Å². The van der Waals surface area contributed by atoms with Crippen LogP contribution >= 0.6 is 0 Å². The molecule has 0 aliphatic carbocycles. The fraction of sp³-hybridized carbons (Fsp3) is 0.478. The second-order valence-corrected chi connectivity index (χ2v) is 15.5. The van der Waals surface area contributed by atoms with Crippen LogP contribution in [-0.4, -0.2) is 121 Å². The Morgan fingerprint density at radius 2 is 1.59 bits per heavy atom. The second kappa shape index (κ2) is 22.3. The van der Waals surface area contributed by atoms with E-state index in [1.807, 2.05) is 36.4 Å². The Kier molecular flexibility index (Phi) is 17.6. The zero-order valence-corrected chi connectivity index (χ0v) is 35.0. The lowest BCUT2D eigenvalue weighted by Gasteiger charge is -2.34. The fourth-order valence-corrected chi connectivity index (χ4v) is 7.62. The number of aromatic nitrogens is 1. The molecule has 1 aromatic heterocycles. The third-order valence-electron chi connectivity index (χ3n) is 11.0. The third-order valence-corrected chi connectivity index (χ3v) is 11.0. The number of benzene rings is 1. The maximum absolute atomic E-state index is 14.0. The van der Waals surface area contributed by atoms with Gasteiger partial charge in [-0.15, -0.1) is 6.58 Å². The first-order chi connectivity index (χ1) is 27.7. The Balaban J connectivity index is 1.19. The lowest BCUT2D eigenvalue weighted by Crippen LogP contribution is -2.43. The number of nitrogens with one attached hydrogen (secondary N) is 4. The standard InChI is InChI=1S/C46H66F2N10/c1-10-23-56-25-24-55(11-2)26-28-57(29-27-56)44(34(3)4)18-17-36(6)51-22-21-50-35(5)15-16-37(7)54-43-14-12-13-42-41(19-20-52-45(42)43)39(9)53-32-38(8)58-33-46(47,48)30-40(58)31-49/h10,12-14,19-20,40,44,50-51,53-54H,1,3,5-9,11,15-18,21-30,32-33H2,2,4H3. The Labute approximate surface area is 346 Å². The lowest BCUT2D eigenvalue weighted by molar-refractivity contribution is 0.0147. The first-order valence-electron chi connectivity index (χ1n) is 20.5. The van der Waals surface area contributed by atoms with Crippen LogP contribution in [0.4, 0.5) is 14.5 Å². The summed E-state index contributed by atoms with van der Waals surface area (Å²) in [6.45, 7) is 43.1. The summed E-state index contributed by atoms with van der Waals surface area (Å²) in [7, 11) is 0. The van der Waals surface area contributed by atoms with Gasteiger partial charge in [-0.2, -0.15) is 5.26 Å². The summed E-state index contributed by atoms with van der Waals surface area (Å²) < 4.78 is 28.0. The molecular formula is C46H66F2N10. The summed E-state index contributed by atoms with van der Waals surface area (Å²) in [6, 6.07) is 9.08. The number of nitriles is 1. The number of rotatable bonds is 23. The Bertz CT molecular complexity index is 1830. The van der Waals surface area contributed by atoms with Crippen molar-refractivity contribution < 1.29 is 8.78 Å². The molecule has 0 radical (unpaired) electrons. The van der Waals surface area contributed by atoms with Crippen molar-refractivity contribution in [3.8, 4) is 6.07 Å². The minimum Gasteiger partial charge on any atom is -0.387 e. The molecule has 2 aliphatic rings. The molecule has 2 unspecified atom stereocenters. The number of alkyl halides is 2. The van der Waals surface area contributed by atoms with Crippen molar-refractivity contribution in [3.05, 3.63) is 117 Å². The molecule has 1 aromatic carbocycles. The second-order valence-electron chi connectivity index (χ2n) is 15.5. The van der Waals surface area contributed by atoms with Crippen LogP contribution in [0, 0.1) is 11.3 Å². The highest BCUT2D eigenvalue weighted by atomic mass is 19.3. The largest absolute Gasteiger partial charge is 0.387 e. The zero-order chi connectivity index (χ0) is 42.2. The normalized spacial score (nSPS) is 18.2. The van der Waals surface area contributed by atoms with Crippen molar-refractivity contribution in [3.63, 3.8) is 0 Å². The molecule has 2 fully saturated rings. The fourth-order valence-electron chi connectivity index (χ4n) is 7.62. The van der Waals surface area contributed by atoms with Crippen LogP contribution in [0.3, 0.4) is 0 Å². The number of likely N-dealkylation sites (N-methyl/N-ethyl adjacent to an activating group) is 1. The molecule has 10 nitrogen and oxygen atoms in total. The van der Waals surface area contributed by atoms with E-state index in [4.69, 9.17) is 0 Å². The third kappa shape index (κ3) is 13.6. The van der Waals surface area contributed by atoms with Gasteiger partial charge >= 0.3 is 0 Å². The summed E-state index contributed by atoms with van der Waals surface area (Å²) >= 11 is 0. The van der Waals surface area contributed by atoms with Gasteiger partial charge in [-0.25, -0.2) is 8.78 Å². The van der Waals surface area contributed by atoms with Crippen LogP contribution in [-0.2, 0) is 0 Å². The molecule has 0 bridgehead atoms. The average Bonchev–Trinajstić information content (AvgIpc) is 3.57. The number of para-hydroxylation sites is 1. The van der Waals surface area contributed by atoms with Crippen LogP contribution in [0.1, 0.15) is 51.5 Å². The highest BCUT2D eigenvalue weighted by Gasteiger charge is 2.45. The highest BCUT2D eigenvalue weighted by Crippen LogP contribution is 2.34. The van der Waals surface area contributed by atoms with E-state index in [1.54, 1.807) is 6.20 Å². The average molecular weight is 797 g/mol. The molecule has 12 heteroatoms. The monoisotopic (exact) mass is 797 g/mol. The molecule has 2 atom stereocenters. The van der Waals surface area contributed by atoms with Gasteiger partial charge in [-0.3, -0.25) is 14.8 Å². The van der Waals surface area contributed by atoms with Crippen LogP contribution in [0.5, 0.6) is 0 Å². The summed E-state index contributed by atoms with van der Waals surface area (Å²) in [5.41, 5.74) is 7.38. The van der Waals surface area contributed by atoms with Gasteiger partial charge in [0.25, 0.3) is 5.92 Å². The summed E-state index contributed by atoms with van der Waals surface area (Å²) in [5, 5.41) is 23.8. The molecule has 2 saturated heterocycles. The number of pyridine rings is 1. The molecule has 2 aromatic rings. The predicted molar refractivity (Wildman–Crippen MR) is 238 cm³/mol. The van der Waals surface area contributed by atoms with Gasteiger partial charge in [-0.05, 0) is 51.3 Å². The number of nitrogens with zero attached hydrogens (tertiary/aromatic N) is 6. The van der Waals surface area contributed by atoms with E-state index in [0.29, 0.717) is 30.3 Å². The number of hydrogen-bond acceptors (Lipinski definition) is 10. The molecule has 314 valence electrons. The van der Waals surface area contributed by atoms with Gasteiger partial charge in [0.1, 0.15) is 6.04 Å². The Morgan fingerprint density at radius 1 is 0.931 bits per heavy atom. The number of fused-ring (bicyclic) bond motifs is 1. The van der Waals surface area contributed by atoms with E-state index in [-0.39, 0.29) is 6.54 Å². The van der Waals surface area contributed by atoms with E-state index in [1.165, 1.54) is 10.5 Å². The minimum absolute atomic E-state index is 0.178. The van der Waals surface area contributed by atoms with Crippen molar-refractivity contribution in [2.24, 2.45) is 0 Å². The minimum atomic E-state index is -2.92. The first kappa shape index (κ1) is 45.7. The predicted octanol–water partition coefficient (Wildman–Crippen LogP) is 7.30. The first-order valence-corrected chi connectivity index (χ1v) is 20.5. The van der Waals surface area contributed by atoms with Gasteiger partial charge in [0.15, 0.2) is 0 Å². The van der Waals surface area contributed by atoms with E-state index in [9.17, 15) is 14.0 Å². The topological polar surface area (TPSA) is 97.8 Å². The molecule has 3 heterocycles. The number of halogens is 2. The summed E-state index contributed by atoms with van der Waals surface area (Å²) in [4.78, 5) is 13.6. The van der Waals surface area contributed by atoms with Gasteiger partial charge in [0, 0.05) is 117 Å². The molecule has 4 N–H and O–H groups in total. The number of hydrogen-bond donors (Lipinski definition) is 4. The zero-order valence-electron chi connectivity index (χ0n) is 35.0.